The second-order valence-corrected chi connectivity index (χ2v) is 5.34. The SMILES string of the molecule is CC(O)C(=O)O.Cc1ccc(S(=O)(=O)[N-]Cl)cc1.[Na+]. The van der Waals surface area contributed by atoms with Gasteiger partial charge in [-0.1, -0.05) is 17.7 Å². The Balaban J connectivity index is 0. The maximum absolute atomic E-state index is 11.0. The van der Waals surface area contributed by atoms with Gasteiger partial charge in [0, 0.05) is 4.90 Å². The molecule has 2 N–H and O–H groups in total. The number of aryl methyl sites for hydroxylation is 1. The van der Waals surface area contributed by atoms with Crippen molar-refractivity contribution in [2.75, 3.05) is 0 Å². The predicted molar refractivity (Wildman–Crippen MR) is 66.9 cm³/mol. The standard InChI is InChI=1S/C7H7ClNO2S.C3H6O3.Na/c1-6-2-4-7(5-3-6)12(10,11)9-8;1-2(4)3(5)6;/h2-5H,1H3;2,4H,1H3,(H,5,6);/q-1;;+1. The van der Waals surface area contributed by atoms with E-state index in [1.54, 1.807) is 12.1 Å². The molecule has 1 atom stereocenters. The third-order valence-electron chi connectivity index (χ3n) is 1.77. The zero-order valence-corrected chi connectivity index (χ0v) is 14.3. The van der Waals surface area contributed by atoms with Crippen LogP contribution in [0.1, 0.15) is 12.5 Å². The van der Waals surface area contributed by atoms with Crippen molar-refractivity contribution in [1.29, 1.82) is 0 Å². The van der Waals surface area contributed by atoms with Gasteiger partial charge in [0.05, 0.1) is 0 Å². The molecule has 1 aromatic carbocycles. The van der Waals surface area contributed by atoms with Gasteiger partial charge < -0.3 is 14.5 Å². The molecular weight excluding hydrogens is 305 g/mol. The molecule has 0 amide bonds. The van der Waals surface area contributed by atoms with Gasteiger partial charge in [-0.2, -0.15) is 0 Å². The molecule has 0 aliphatic carbocycles. The molecule has 0 aliphatic heterocycles. The van der Waals surface area contributed by atoms with Gasteiger partial charge in [-0.3, -0.25) is 11.8 Å². The smallest absolute Gasteiger partial charge is 0.479 e. The number of nitrogens with zero attached hydrogens (tertiary/aromatic N) is 1. The van der Waals surface area contributed by atoms with E-state index >= 15 is 0 Å². The predicted octanol–water partition coefficient (Wildman–Crippen LogP) is -1.33. The van der Waals surface area contributed by atoms with Crippen molar-refractivity contribution < 1.29 is 53.0 Å². The number of rotatable bonds is 3. The molecule has 0 saturated heterocycles. The maximum Gasteiger partial charge on any atom is 1.00 e. The van der Waals surface area contributed by atoms with Gasteiger partial charge in [0.2, 0.25) is 0 Å². The number of aliphatic hydroxyl groups excluding tert-OH is 1. The van der Waals surface area contributed by atoms with Crippen LogP contribution in [0, 0.1) is 6.92 Å². The zero-order valence-electron chi connectivity index (χ0n) is 10.7. The number of carboxylic acids is 1. The second-order valence-electron chi connectivity index (χ2n) is 3.37. The number of aliphatic carboxylic acids is 1. The Morgan fingerprint density at radius 1 is 1.32 bits per heavy atom. The van der Waals surface area contributed by atoms with Gasteiger partial charge >= 0.3 is 35.5 Å². The van der Waals surface area contributed by atoms with Crippen LogP contribution < -0.4 is 29.6 Å². The molecule has 9 heteroatoms. The molecule has 19 heavy (non-hydrogen) atoms. The molecule has 0 heterocycles. The molecule has 6 nitrogen and oxygen atoms in total. The van der Waals surface area contributed by atoms with Crippen molar-refractivity contribution in [3.05, 3.63) is 34.1 Å². The number of benzene rings is 1. The third kappa shape index (κ3) is 8.59. The van der Waals surface area contributed by atoms with Crippen LogP contribution >= 0.6 is 11.8 Å². The molecule has 0 spiro atoms. The van der Waals surface area contributed by atoms with Crippen molar-refractivity contribution >= 4 is 27.8 Å². The summed E-state index contributed by atoms with van der Waals surface area (Å²) in [7, 11) is -3.62. The van der Waals surface area contributed by atoms with E-state index in [9.17, 15) is 13.2 Å². The quantitative estimate of drug-likeness (QED) is 0.672. The minimum atomic E-state index is -3.62. The van der Waals surface area contributed by atoms with Crippen molar-refractivity contribution in [2.24, 2.45) is 0 Å². The van der Waals surface area contributed by atoms with Gasteiger partial charge in [-0.15, -0.1) is 0 Å². The Morgan fingerprint density at radius 2 is 1.68 bits per heavy atom. The van der Waals surface area contributed by atoms with Crippen LogP contribution in [0.15, 0.2) is 29.2 Å². The fraction of sp³-hybridized carbons (Fsp3) is 0.300. The van der Waals surface area contributed by atoms with Gasteiger partial charge in [0.25, 0.3) is 0 Å². The van der Waals surface area contributed by atoms with E-state index < -0.39 is 22.1 Å². The van der Waals surface area contributed by atoms with E-state index in [-0.39, 0.29) is 34.5 Å². The van der Waals surface area contributed by atoms with E-state index in [2.05, 4.69) is 4.24 Å². The van der Waals surface area contributed by atoms with Crippen LogP contribution in [0.3, 0.4) is 0 Å². The molecule has 1 rings (SSSR count). The van der Waals surface area contributed by atoms with E-state index in [4.69, 9.17) is 22.0 Å². The zero-order chi connectivity index (χ0) is 14.3. The normalized spacial score (nSPS) is 11.6. The van der Waals surface area contributed by atoms with E-state index in [0.29, 0.717) is 0 Å². The van der Waals surface area contributed by atoms with Crippen molar-refractivity contribution in [3.8, 4) is 0 Å². The van der Waals surface area contributed by atoms with E-state index in [1.165, 1.54) is 19.1 Å². The van der Waals surface area contributed by atoms with Crippen LogP contribution in [0.2, 0.25) is 0 Å². The summed E-state index contributed by atoms with van der Waals surface area (Å²) in [4.78, 5) is 9.56. The summed E-state index contributed by atoms with van der Waals surface area (Å²) < 4.78 is 24.8. The average Bonchev–Trinajstić information content (AvgIpc) is 2.30. The summed E-state index contributed by atoms with van der Waals surface area (Å²) in [6, 6.07) is 6.32. The Morgan fingerprint density at radius 3 is 1.95 bits per heavy atom. The number of hydrogen-bond acceptors (Lipinski definition) is 4. The number of aliphatic hydroxyl groups is 1. The monoisotopic (exact) mass is 317 g/mol. The molecule has 1 unspecified atom stereocenters. The minimum absolute atomic E-state index is 0. The first-order valence-corrected chi connectivity index (χ1v) is 6.54. The largest absolute Gasteiger partial charge is 1.00 e. The molecule has 0 fully saturated rings. The second kappa shape index (κ2) is 9.71. The molecule has 1 aromatic rings. The third-order valence-corrected chi connectivity index (χ3v) is 3.36. The number of hydrogen-bond donors (Lipinski definition) is 2. The Bertz CT molecular complexity index is 489. The van der Waals surface area contributed by atoms with Gasteiger partial charge in [0.1, 0.15) is 16.1 Å². The van der Waals surface area contributed by atoms with Crippen LogP contribution in [0.4, 0.5) is 0 Å². The summed E-state index contributed by atoms with van der Waals surface area (Å²) in [5, 5.41) is 15.8. The number of carboxylic acid groups (broad SMARTS) is 1. The van der Waals surface area contributed by atoms with Crippen molar-refractivity contribution in [3.63, 3.8) is 0 Å². The van der Waals surface area contributed by atoms with Crippen molar-refractivity contribution in [2.45, 2.75) is 24.8 Å². The van der Waals surface area contributed by atoms with Crippen LogP contribution in [0.25, 0.3) is 4.24 Å². The van der Waals surface area contributed by atoms with Crippen LogP contribution in [-0.4, -0.2) is 30.7 Å². The van der Waals surface area contributed by atoms with Gasteiger partial charge in [-0.05, 0) is 26.0 Å². The fourth-order valence-corrected chi connectivity index (χ4v) is 1.55. The summed E-state index contributed by atoms with van der Waals surface area (Å²) in [5.74, 6) is -1.19. The van der Waals surface area contributed by atoms with E-state index in [1.807, 2.05) is 6.92 Å². The molecule has 0 saturated carbocycles. The average molecular weight is 318 g/mol. The fourth-order valence-electron chi connectivity index (χ4n) is 0.750. The summed E-state index contributed by atoms with van der Waals surface area (Å²) in [6.45, 7) is 3.07. The first-order chi connectivity index (χ1) is 8.20. The van der Waals surface area contributed by atoms with Gasteiger partial charge in [-0.25, -0.2) is 13.2 Å². The van der Waals surface area contributed by atoms with Crippen LogP contribution in [-0.2, 0) is 14.8 Å². The summed E-state index contributed by atoms with van der Waals surface area (Å²) in [6.07, 6.45) is -1.23. The molecule has 0 aromatic heterocycles. The molecule has 0 aliphatic rings. The molecule has 102 valence electrons. The number of halogens is 1. The first-order valence-electron chi connectivity index (χ1n) is 4.76. The maximum atomic E-state index is 11.0. The summed E-state index contributed by atoms with van der Waals surface area (Å²) >= 11 is 4.90. The molecule has 0 radical (unpaired) electrons. The summed E-state index contributed by atoms with van der Waals surface area (Å²) in [5.41, 5.74) is 0.989. The topological polar surface area (TPSA) is 106 Å². The van der Waals surface area contributed by atoms with Crippen molar-refractivity contribution in [1.82, 2.24) is 0 Å². The minimum Gasteiger partial charge on any atom is -0.479 e. The molecular formula is C10H13ClNNaO5S. The van der Waals surface area contributed by atoms with Crippen LogP contribution in [0.5, 0.6) is 0 Å². The van der Waals surface area contributed by atoms with Gasteiger partial charge in [0.15, 0.2) is 0 Å². The molecule has 0 bridgehead atoms. The Kier molecular flexibility index (Phi) is 10.8. The Hall–Kier alpha value is -0.150. The number of sulfonamides is 1. The number of carbonyl (C=O) groups is 1. The first kappa shape index (κ1) is 21.2. The van der Waals surface area contributed by atoms with E-state index in [0.717, 1.165) is 5.56 Å². The Labute approximate surface area is 139 Å².